The lowest BCUT2D eigenvalue weighted by atomic mass is 10.2. The fourth-order valence-electron chi connectivity index (χ4n) is 2.54. The summed E-state index contributed by atoms with van der Waals surface area (Å²) in [5.74, 6) is -0.448. The molecule has 1 amide bonds. The van der Waals surface area contributed by atoms with Crippen molar-refractivity contribution in [2.45, 2.75) is 11.8 Å². The summed E-state index contributed by atoms with van der Waals surface area (Å²) in [5.41, 5.74) is 1.78. The van der Waals surface area contributed by atoms with Crippen LogP contribution in [0.3, 0.4) is 0 Å². The van der Waals surface area contributed by atoms with E-state index in [1.54, 1.807) is 18.2 Å². The zero-order chi connectivity index (χ0) is 21.0. The number of nitrogens with one attached hydrogen (secondary N) is 2. The van der Waals surface area contributed by atoms with Gasteiger partial charge in [-0.15, -0.1) is 0 Å². The average Bonchev–Trinajstić information content (AvgIpc) is 2.68. The van der Waals surface area contributed by atoms with Crippen molar-refractivity contribution in [3.05, 3.63) is 88.4 Å². The van der Waals surface area contributed by atoms with Crippen molar-refractivity contribution in [2.24, 2.45) is 0 Å². The van der Waals surface area contributed by atoms with E-state index in [1.165, 1.54) is 55.5 Å². The van der Waals surface area contributed by atoms with Crippen LogP contribution in [-0.4, -0.2) is 20.1 Å². The fraction of sp³-hybridized carbons (Fsp3) is 0.0476. The summed E-state index contributed by atoms with van der Waals surface area (Å²) in [4.78, 5) is 23.7. The van der Waals surface area contributed by atoms with E-state index in [9.17, 15) is 18.0 Å². The Hall–Kier alpha value is -2.97. The number of anilines is 2. The van der Waals surface area contributed by atoms with Gasteiger partial charge in [-0.05, 0) is 61.5 Å². The minimum Gasteiger partial charge on any atom is -0.322 e. The third-order valence-corrected chi connectivity index (χ3v) is 5.94. The van der Waals surface area contributed by atoms with Gasteiger partial charge in [0.1, 0.15) is 0 Å². The third kappa shape index (κ3) is 5.30. The lowest BCUT2D eigenvalue weighted by Crippen LogP contribution is -2.14. The molecule has 0 aromatic heterocycles. The van der Waals surface area contributed by atoms with Crippen LogP contribution in [0.4, 0.5) is 11.4 Å². The molecule has 0 saturated heterocycles. The monoisotopic (exact) mass is 472 g/mol. The van der Waals surface area contributed by atoms with Crippen LogP contribution in [0.15, 0.2) is 82.2 Å². The largest absolute Gasteiger partial charge is 0.322 e. The number of hydrogen-bond acceptors (Lipinski definition) is 4. The van der Waals surface area contributed by atoms with Crippen molar-refractivity contribution >= 4 is 49.0 Å². The molecule has 0 heterocycles. The van der Waals surface area contributed by atoms with Crippen molar-refractivity contribution in [2.75, 3.05) is 10.0 Å². The minimum absolute atomic E-state index is 0.0407. The Labute approximate surface area is 177 Å². The lowest BCUT2D eigenvalue weighted by Gasteiger charge is -2.10. The van der Waals surface area contributed by atoms with Crippen molar-refractivity contribution < 1.29 is 18.0 Å². The first-order valence-electron chi connectivity index (χ1n) is 8.55. The number of rotatable bonds is 6. The van der Waals surface area contributed by atoms with E-state index in [0.29, 0.717) is 22.5 Å². The number of halogens is 1. The van der Waals surface area contributed by atoms with Gasteiger partial charge in [0.05, 0.1) is 4.90 Å². The summed E-state index contributed by atoms with van der Waals surface area (Å²) in [6.45, 7) is 1.41. The number of Topliss-reactive ketones (excluding diaryl/α,β-unsaturated/α-hetero) is 1. The van der Waals surface area contributed by atoms with Gasteiger partial charge in [0, 0.05) is 27.0 Å². The number of ketones is 1. The van der Waals surface area contributed by atoms with Gasteiger partial charge < -0.3 is 5.32 Å². The molecule has 2 N–H and O–H groups in total. The summed E-state index contributed by atoms with van der Waals surface area (Å²) in [6.07, 6.45) is 0. The van der Waals surface area contributed by atoms with Gasteiger partial charge >= 0.3 is 0 Å². The van der Waals surface area contributed by atoms with E-state index < -0.39 is 10.0 Å². The Morgan fingerprint density at radius 3 is 2.03 bits per heavy atom. The first kappa shape index (κ1) is 20.8. The summed E-state index contributed by atoms with van der Waals surface area (Å²) in [7, 11) is -3.81. The molecule has 0 aliphatic rings. The first-order chi connectivity index (χ1) is 13.7. The lowest BCUT2D eigenvalue weighted by molar-refractivity contribution is 0.101. The van der Waals surface area contributed by atoms with Gasteiger partial charge in [-0.3, -0.25) is 14.3 Å². The van der Waals surface area contributed by atoms with Crippen molar-refractivity contribution in [1.29, 1.82) is 0 Å². The number of carbonyl (C=O) groups is 2. The third-order valence-electron chi connectivity index (χ3n) is 4.05. The highest BCUT2D eigenvalue weighted by Gasteiger charge is 2.15. The Morgan fingerprint density at radius 1 is 0.828 bits per heavy atom. The van der Waals surface area contributed by atoms with Crippen LogP contribution in [0, 0.1) is 0 Å². The van der Waals surface area contributed by atoms with Crippen molar-refractivity contribution in [3.8, 4) is 0 Å². The highest BCUT2D eigenvalue weighted by atomic mass is 79.9. The standard InChI is InChI=1S/C21H17BrN2O4S/c1-14(25)15-7-11-20(12-8-15)29(27,28)24-18-9-5-16(6-10-18)21(26)23-19-4-2-3-17(22)13-19/h2-13,24H,1H3,(H,23,26). The van der Waals surface area contributed by atoms with Gasteiger partial charge in [0.2, 0.25) is 0 Å². The molecule has 8 heteroatoms. The van der Waals surface area contributed by atoms with Gasteiger partial charge in [-0.1, -0.05) is 34.1 Å². The molecular weight excluding hydrogens is 456 g/mol. The maximum Gasteiger partial charge on any atom is 0.261 e. The molecule has 0 bridgehead atoms. The van der Waals surface area contributed by atoms with Crippen LogP contribution in [-0.2, 0) is 10.0 Å². The average molecular weight is 473 g/mol. The number of hydrogen-bond donors (Lipinski definition) is 2. The molecule has 0 saturated carbocycles. The van der Waals surface area contributed by atoms with Gasteiger partial charge in [-0.25, -0.2) is 8.42 Å². The molecule has 3 aromatic rings. The molecular formula is C21H17BrN2O4S. The number of benzene rings is 3. The summed E-state index contributed by atoms with van der Waals surface area (Å²) in [6, 6.07) is 19.0. The van der Waals surface area contributed by atoms with Crippen LogP contribution in [0.2, 0.25) is 0 Å². The molecule has 148 valence electrons. The van der Waals surface area contributed by atoms with E-state index in [1.807, 2.05) is 6.07 Å². The number of sulfonamides is 1. The molecule has 0 aliphatic heterocycles. The second-order valence-corrected chi connectivity index (χ2v) is 8.83. The SMILES string of the molecule is CC(=O)c1ccc(S(=O)(=O)Nc2ccc(C(=O)Nc3cccc(Br)c3)cc2)cc1. The fourth-order valence-corrected chi connectivity index (χ4v) is 4.00. The Bertz CT molecular complexity index is 1160. The number of carbonyl (C=O) groups excluding carboxylic acids is 2. The molecule has 0 spiro atoms. The van der Waals surface area contributed by atoms with E-state index in [2.05, 4.69) is 26.0 Å². The van der Waals surface area contributed by atoms with Crippen LogP contribution >= 0.6 is 15.9 Å². The second-order valence-electron chi connectivity index (χ2n) is 6.23. The van der Waals surface area contributed by atoms with E-state index >= 15 is 0 Å². The second kappa shape index (κ2) is 8.59. The molecule has 3 aromatic carbocycles. The molecule has 0 atom stereocenters. The highest BCUT2D eigenvalue weighted by Crippen LogP contribution is 2.19. The van der Waals surface area contributed by atoms with Crippen molar-refractivity contribution in [1.82, 2.24) is 0 Å². The molecule has 6 nitrogen and oxygen atoms in total. The molecule has 0 fully saturated rings. The van der Waals surface area contributed by atoms with Crippen LogP contribution in [0.25, 0.3) is 0 Å². The summed E-state index contributed by atoms with van der Waals surface area (Å²) >= 11 is 3.34. The van der Waals surface area contributed by atoms with Crippen LogP contribution in [0.1, 0.15) is 27.6 Å². The molecule has 29 heavy (non-hydrogen) atoms. The van der Waals surface area contributed by atoms with E-state index in [0.717, 1.165) is 4.47 Å². The topological polar surface area (TPSA) is 92.3 Å². The molecule has 0 radical (unpaired) electrons. The highest BCUT2D eigenvalue weighted by molar-refractivity contribution is 9.10. The Balaban J connectivity index is 1.71. The Morgan fingerprint density at radius 2 is 1.45 bits per heavy atom. The zero-order valence-corrected chi connectivity index (χ0v) is 17.7. The van der Waals surface area contributed by atoms with E-state index in [-0.39, 0.29) is 16.6 Å². The predicted octanol–water partition coefficient (Wildman–Crippen LogP) is 4.70. The first-order valence-corrected chi connectivity index (χ1v) is 10.8. The normalized spacial score (nSPS) is 11.0. The molecule has 3 rings (SSSR count). The van der Waals surface area contributed by atoms with E-state index in [4.69, 9.17) is 0 Å². The summed E-state index contributed by atoms with van der Waals surface area (Å²) in [5, 5.41) is 2.77. The van der Waals surface area contributed by atoms with Crippen LogP contribution < -0.4 is 10.0 Å². The van der Waals surface area contributed by atoms with Gasteiger partial charge in [0.15, 0.2) is 5.78 Å². The predicted molar refractivity (Wildman–Crippen MR) is 116 cm³/mol. The zero-order valence-electron chi connectivity index (χ0n) is 15.3. The quantitative estimate of drug-likeness (QED) is 0.508. The Kier molecular flexibility index (Phi) is 6.14. The maximum absolute atomic E-state index is 12.5. The minimum atomic E-state index is -3.81. The van der Waals surface area contributed by atoms with Gasteiger partial charge in [0.25, 0.3) is 15.9 Å². The van der Waals surface area contributed by atoms with Crippen LogP contribution in [0.5, 0.6) is 0 Å². The molecule has 0 unspecified atom stereocenters. The van der Waals surface area contributed by atoms with Gasteiger partial charge in [-0.2, -0.15) is 0 Å². The summed E-state index contributed by atoms with van der Waals surface area (Å²) < 4.78 is 28.3. The molecule has 0 aliphatic carbocycles. The number of amides is 1. The maximum atomic E-state index is 12.5. The van der Waals surface area contributed by atoms with Crippen molar-refractivity contribution in [3.63, 3.8) is 0 Å². The smallest absolute Gasteiger partial charge is 0.261 e.